The Morgan fingerprint density at radius 2 is 1.91 bits per heavy atom. The fourth-order valence-corrected chi connectivity index (χ4v) is 2.68. The first-order chi connectivity index (χ1) is 10.5. The second-order valence-electron chi connectivity index (χ2n) is 5.05. The summed E-state index contributed by atoms with van der Waals surface area (Å²) in [7, 11) is 3.53. The van der Waals surface area contributed by atoms with Crippen molar-refractivity contribution in [3.63, 3.8) is 0 Å². The topological polar surface area (TPSA) is 36.3 Å². The summed E-state index contributed by atoms with van der Waals surface area (Å²) in [6.07, 6.45) is 0. The van der Waals surface area contributed by atoms with Crippen LogP contribution in [0.4, 0.5) is 4.39 Å². The van der Waals surface area contributed by atoms with E-state index in [1.165, 1.54) is 12.1 Å². The number of ether oxygens (including phenoxy) is 1. The highest BCUT2D eigenvalue weighted by atomic mass is 79.9. The van der Waals surface area contributed by atoms with Crippen LogP contribution in [0.25, 0.3) is 0 Å². The number of hydrogen-bond acceptors (Lipinski definition) is 3. The van der Waals surface area contributed by atoms with E-state index in [9.17, 15) is 4.39 Å². The number of halogens is 2. The Balaban J connectivity index is 2.15. The Morgan fingerprint density at radius 1 is 1.18 bits per heavy atom. The maximum absolute atomic E-state index is 13.8. The monoisotopic (exact) mass is 362 g/mol. The van der Waals surface area contributed by atoms with E-state index in [2.05, 4.69) is 15.9 Å². The average molecular weight is 363 g/mol. The summed E-state index contributed by atoms with van der Waals surface area (Å²) in [6, 6.07) is 12.2. The van der Waals surface area contributed by atoms with Crippen molar-refractivity contribution in [1.82, 2.24) is 4.90 Å². The smallest absolute Gasteiger partial charge is 0.127 e. The number of methoxy groups -OCH3 is 1. The van der Waals surface area contributed by atoms with Crippen LogP contribution in [-0.2, 0) is 13.1 Å². The third kappa shape index (κ3) is 4.06. The van der Waals surface area contributed by atoms with E-state index in [-0.39, 0.29) is 5.82 Å². The molecule has 0 amide bonds. The molecule has 0 aromatic heterocycles. The van der Waals surface area contributed by atoms with E-state index in [1.807, 2.05) is 36.2 Å². The molecule has 3 nitrogen and oxygen atoms in total. The van der Waals surface area contributed by atoms with Crippen molar-refractivity contribution in [3.05, 3.63) is 63.4 Å². The van der Waals surface area contributed by atoms with Crippen LogP contribution in [0.1, 0.15) is 16.7 Å². The predicted molar refractivity (Wildman–Crippen MR) is 87.0 cm³/mol. The second kappa shape index (κ2) is 7.39. The van der Waals surface area contributed by atoms with Gasteiger partial charge in [0.1, 0.15) is 11.6 Å². The van der Waals surface area contributed by atoms with Gasteiger partial charge in [-0.1, -0.05) is 15.9 Å². The van der Waals surface area contributed by atoms with Crippen molar-refractivity contribution < 1.29 is 9.13 Å². The molecular formula is C17H16BrFN2O. The zero-order chi connectivity index (χ0) is 16.1. The molecule has 0 spiro atoms. The summed E-state index contributed by atoms with van der Waals surface area (Å²) >= 11 is 3.44. The Bertz CT molecular complexity index is 708. The Kier molecular flexibility index (Phi) is 5.53. The first-order valence-electron chi connectivity index (χ1n) is 6.73. The van der Waals surface area contributed by atoms with Crippen molar-refractivity contribution in [2.75, 3.05) is 14.2 Å². The van der Waals surface area contributed by atoms with Crippen molar-refractivity contribution in [3.8, 4) is 11.8 Å². The minimum atomic E-state index is -0.299. The molecule has 2 aromatic rings. The Morgan fingerprint density at radius 3 is 2.59 bits per heavy atom. The highest BCUT2D eigenvalue weighted by Gasteiger charge is 2.10. The lowest BCUT2D eigenvalue weighted by Crippen LogP contribution is -2.18. The fraction of sp³-hybridized carbons (Fsp3) is 0.235. The molecule has 0 aliphatic carbocycles. The van der Waals surface area contributed by atoms with Crippen LogP contribution in [-0.4, -0.2) is 19.1 Å². The first kappa shape index (κ1) is 16.5. The summed E-state index contributed by atoms with van der Waals surface area (Å²) in [5.74, 6) is 0.494. The van der Waals surface area contributed by atoms with E-state index in [4.69, 9.17) is 10.00 Å². The number of rotatable bonds is 5. The van der Waals surface area contributed by atoms with Gasteiger partial charge in [0.05, 0.1) is 18.7 Å². The quantitative estimate of drug-likeness (QED) is 0.803. The largest absolute Gasteiger partial charge is 0.496 e. The fourth-order valence-electron chi connectivity index (χ4n) is 2.27. The lowest BCUT2D eigenvalue weighted by atomic mass is 10.1. The van der Waals surface area contributed by atoms with E-state index in [0.29, 0.717) is 24.2 Å². The standard InChI is InChI=1S/C17H16BrFN2O/c1-21(10-13-7-12(9-20)3-5-16(13)19)11-14-8-15(18)4-6-17(14)22-2/h3-8H,10-11H2,1-2H3. The van der Waals surface area contributed by atoms with Crippen LogP contribution in [0.5, 0.6) is 5.75 Å². The van der Waals surface area contributed by atoms with Gasteiger partial charge in [0, 0.05) is 28.7 Å². The molecule has 0 aliphatic rings. The molecule has 22 heavy (non-hydrogen) atoms. The zero-order valence-electron chi connectivity index (χ0n) is 12.4. The first-order valence-corrected chi connectivity index (χ1v) is 7.52. The third-order valence-corrected chi connectivity index (χ3v) is 3.79. The minimum Gasteiger partial charge on any atom is -0.496 e. The van der Waals surface area contributed by atoms with Gasteiger partial charge in [-0.15, -0.1) is 0 Å². The summed E-state index contributed by atoms with van der Waals surface area (Å²) in [6.45, 7) is 1.02. The lowest BCUT2D eigenvalue weighted by molar-refractivity contribution is 0.305. The number of hydrogen-bond donors (Lipinski definition) is 0. The molecule has 0 unspecified atom stereocenters. The van der Waals surface area contributed by atoms with Gasteiger partial charge in [-0.3, -0.25) is 4.90 Å². The molecule has 2 aromatic carbocycles. The minimum absolute atomic E-state index is 0.299. The maximum Gasteiger partial charge on any atom is 0.127 e. The van der Waals surface area contributed by atoms with Gasteiger partial charge < -0.3 is 4.74 Å². The molecule has 0 aliphatic heterocycles. The van der Waals surface area contributed by atoms with Crippen molar-refractivity contribution in [2.45, 2.75) is 13.1 Å². The van der Waals surface area contributed by atoms with Crippen LogP contribution in [0.15, 0.2) is 40.9 Å². The molecule has 0 saturated heterocycles. The van der Waals surface area contributed by atoms with Crippen molar-refractivity contribution in [1.29, 1.82) is 5.26 Å². The molecule has 0 heterocycles. The molecular weight excluding hydrogens is 347 g/mol. The van der Waals surface area contributed by atoms with E-state index in [1.54, 1.807) is 13.2 Å². The molecule has 2 rings (SSSR count). The Hall–Kier alpha value is -1.90. The zero-order valence-corrected chi connectivity index (χ0v) is 14.0. The molecule has 5 heteroatoms. The van der Waals surface area contributed by atoms with Crippen molar-refractivity contribution >= 4 is 15.9 Å². The summed E-state index contributed by atoms with van der Waals surface area (Å²) in [4.78, 5) is 1.98. The highest BCUT2D eigenvalue weighted by Crippen LogP contribution is 2.24. The van der Waals surface area contributed by atoms with Gasteiger partial charge in [-0.2, -0.15) is 5.26 Å². The van der Waals surface area contributed by atoms with Crippen LogP contribution < -0.4 is 4.74 Å². The van der Waals surface area contributed by atoms with Gasteiger partial charge in [-0.05, 0) is 43.4 Å². The normalized spacial score (nSPS) is 10.5. The van der Waals surface area contributed by atoms with E-state index < -0.39 is 0 Å². The molecule has 0 saturated carbocycles. The molecule has 114 valence electrons. The summed E-state index contributed by atoms with van der Waals surface area (Å²) < 4.78 is 20.2. The van der Waals surface area contributed by atoms with Crippen molar-refractivity contribution in [2.24, 2.45) is 0 Å². The average Bonchev–Trinajstić information content (AvgIpc) is 2.49. The molecule has 0 radical (unpaired) electrons. The van der Waals surface area contributed by atoms with Crippen LogP contribution in [0.2, 0.25) is 0 Å². The molecule has 0 N–H and O–H groups in total. The molecule has 0 bridgehead atoms. The van der Waals surface area contributed by atoms with Crippen LogP contribution in [0.3, 0.4) is 0 Å². The van der Waals surface area contributed by atoms with E-state index in [0.717, 1.165) is 15.8 Å². The summed E-state index contributed by atoms with van der Waals surface area (Å²) in [5.41, 5.74) is 1.98. The number of nitrogens with zero attached hydrogens (tertiary/aromatic N) is 2. The Labute approximate surface area is 138 Å². The van der Waals surface area contributed by atoms with Gasteiger partial charge in [0.25, 0.3) is 0 Å². The number of nitriles is 1. The molecule has 0 fully saturated rings. The van der Waals surface area contributed by atoms with Gasteiger partial charge in [-0.25, -0.2) is 4.39 Å². The van der Waals surface area contributed by atoms with Gasteiger partial charge >= 0.3 is 0 Å². The third-order valence-electron chi connectivity index (χ3n) is 3.30. The summed E-state index contributed by atoms with van der Waals surface area (Å²) in [5, 5.41) is 8.91. The lowest BCUT2D eigenvalue weighted by Gasteiger charge is -2.19. The molecule has 0 atom stereocenters. The van der Waals surface area contributed by atoms with Crippen LogP contribution >= 0.6 is 15.9 Å². The predicted octanol–water partition coefficient (Wildman–Crippen LogP) is 4.10. The highest BCUT2D eigenvalue weighted by molar-refractivity contribution is 9.10. The van der Waals surface area contributed by atoms with Gasteiger partial charge in [0.15, 0.2) is 0 Å². The maximum atomic E-state index is 13.8. The van der Waals surface area contributed by atoms with E-state index >= 15 is 0 Å². The van der Waals surface area contributed by atoms with Gasteiger partial charge in [0.2, 0.25) is 0 Å². The second-order valence-corrected chi connectivity index (χ2v) is 5.96. The van der Waals surface area contributed by atoms with Crippen LogP contribution in [0, 0.1) is 17.1 Å². The SMILES string of the molecule is COc1ccc(Br)cc1CN(C)Cc1cc(C#N)ccc1F. The number of benzene rings is 2.